The first kappa shape index (κ1) is 21.0. The summed E-state index contributed by atoms with van der Waals surface area (Å²) in [4.78, 5) is 12.3. The third kappa shape index (κ3) is 5.00. The van der Waals surface area contributed by atoms with Crippen LogP contribution >= 0.6 is 11.8 Å². The van der Waals surface area contributed by atoms with Gasteiger partial charge in [-0.25, -0.2) is 8.78 Å². The number of carbonyl (C=O) groups is 1. The molecule has 0 saturated heterocycles. The van der Waals surface area contributed by atoms with Gasteiger partial charge in [0.05, 0.1) is 11.4 Å². The fraction of sp³-hybridized carbons (Fsp3) is 0.286. The molecule has 29 heavy (non-hydrogen) atoms. The van der Waals surface area contributed by atoms with E-state index < -0.39 is 11.6 Å². The standard InChI is InChI=1S/C21H22F2N4OS/c1-4-21(2,3)24-18(28)13-29-20-26-25-19(14-8-6-5-7-9-14)27(20)17-11-10-15(22)12-16(17)23/h5-12H,4,13H2,1-3H3,(H,24,28). The molecule has 0 unspecified atom stereocenters. The first-order valence-corrected chi connectivity index (χ1v) is 10.2. The highest BCUT2D eigenvalue weighted by Gasteiger charge is 2.22. The van der Waals surface area contributed by atoms with E-state index in [2.05, 4.69) is 15.5 Å². The summed E-state index contributed by atoms with van der Waals surface area (Å²) < 4.78 is 29.5. The van der Waals surface area contributed by atoms with Gasteiger partial charge >= 0.3 is 0 Å². The van der Waals surface area contributed by atoms with Crippen LogP contribution in [0.25, 0.3) is 17.1 Å². The van der Waals surface area contributed by atoms with Crippen molar-refractivity contribution in [2.24, 2.45) is 0 Å². The van der Waals surface area contributed by atoms with Crippen LogP contribution in [-0.4, -0.2) is 32.0 Å². The fourth-order valence-electron chi connectivity index (χ4n) is 2.65. The van der Waals surface area contributed by atoms with Crippen molar-refractivity contribution in [3.63, 3.8) is 0 Å². The average molecular weight is 416 g/mol. The number of nitrogens with one attached hydrogen (secondary N) is 1. The van der Waals surface area contributed by atoms with E-state index in [1.165, 1.54) is 16.7 Å². The molecule has 152 valence electrons. The molecule has 0 aliphatic heterocycles. The maximum absolute atomic E-state index is 14.6. The van der Waals surface area contributed by atoms with Crippen molar-refractivity contribution in [3.05, 3.63) is 60.2 Å². The number of benzene rings is 2. The van der Waals surface area contributed by atoms with Gasteiger partial charge in [-0.1, -0.05) is 49.0 Å². The maximum atomic E-state index is 14.6. The van der Waals surface area contributed by atoms with Crippen LogP contribution in [0.3, 0.4) is 0 Å². The summed E-state index contributed by atoms with van der Waals surface area (Å²) in [6.07, 6.45) is 0.790. The van der Waals surface area contributed by atoms with Crippen molar-refractivity contribution in [1.29, 1.82) is 0 Å². The minimum atomic E-state index is -0.736. The molecule has 0 bridgehead atoms. The number of rotatable bonds is 7. The van der Waals surface area contributed by atoms with Crippen molar-refractivity contribution < 1.29 is 13.6 Å². The van der Waals surface area contributed by atoms with Crippen molar-refractivity contribution in [2.75, 3.05) is 5.75 Å². The average Bonchev–Trinajstić information content (AvgIpc) is 3.10. The quantitative estimate of drug-likeness (QED) is 0.572. The molecule has 2 aromatic carbocycles. The van der Waals surface area contributed by atoms with E-state index in [1.54, 1.807) is 0 Å². The molecule has 3 aromatic rings. The highest BCUT2D eigenvalue weighted by molar-refractivity contribution is 7.99. The van der Waals surface area contributed by atoms with E-state index >= 15 is 0 Å². The van der Waals surface area contributed by atoms with Crippen LogP contribution in [0, 0.1) is 11.6 Å². The van der Waals surface area contributed by atoms with Gasteiger partial charge in [0, 0.05) is 17.2 Å². The minimum absolute atomic E-state index is 0.0964. The first-order chi connectivity index (χ1) is 13.8. The van der Waals surface area contributed by atoms with Gasteiger partial charge in [-0.3, -0.25) is 9.36 Å². The van der Waals surface area contributed by atoms with Gasteiger partial charge in [-0.2, -0.15) is 0 Å². The Morgan fingerprint density at radius 1 is 1.14 bits per heavy atom. The number of hydrogen-bond acceptors (Lipinski definition) is 4. The van der Waals surface area contributed by atoms with Crippen LogP contribution in [-0.2, 0) is 4.79 Å². The summed E-state index contributed by atoms with van der Waals surface area (Å²) >= 11 is 1.15. The summed E-state index contributed by atoms with van der Waals surface area (Å²) in [6, 6.07) is 12.5. The van der Waals surface area contributed by atoms with E-state index in [0.717, 1.165) is 29.8 Å². The number of carbonyl (C=O) groups excluding carboxylic acids is 1. The largest absolute Gasteiger partial charge is 0.351 e. The number of hydrogen-bond donors (Lipinski definition) is 1. The molecule has 0 saturated carbocycles. The number of aromatic nitrogens is 3. The van der Waals surface area contributed by atoms with Gasteiger partial charge in [-0.15, -0.1) is 10.2 Å². The lowest BCUT2D eigenvalue weighted by molar-refractivity contribution is -0.120. The predicted octanol–water partition coefficient (Wildman–Crippen LogP) is 4.61. The predicted molar refractivity (Wildman–Crippen MR) is 110 cm³/mol. The van der Waals surface area contributed by atoms with E-state index in [4.69, 9.17) is 0 Å². The number of halogens is 2. The Bertz CT molecular complexity index is 1010. The second-order valence-corrected chi connectivity index (χ2v) is 8.12. The van der Waals surface area contributed by atoms with Crippen LogP contribution in [0.2, 0.25) is 0 Å². The Labute approximate surface area is 172 Å². The Hall–Kier alpha value is -2.74. The van der Waals surface area contributed by atoms with Crippen molar-refractivity contribution >= 4 is 17.7 Å². The minimum Gasteiger partial charge on any atom is -0.351 e. The van der Waals surface area contributed by atoms with E-state index in [9.17, 15) is 13.6 Å². The lowest BCUT2D eigenvalue weighted by Crippen LogP contribution is -2.43. The second kappa shape index (κ2) is 8.73. The Morgan fingerprint density at radius 3 is 2.52 bits per heavy atom. The molecular weight excluding hydrogens is 394 g/mol. The van der Waals surface area contributed by atoms with Crippen molar-refractivity contribution in [3.8, 4) is 17.1 Å². The Balaban J connectivity index is 1.96. The number of nitrogens with zero attached hydrogens (tertiary/aromatic N) is 3. The molecular formula is C21H22F2N4OS. The fourth-order valence-corrected chi connectivity index (χ4v) is 3.39. The summed E-state index contributed by atoms with van der Waals surface area (Å²) in [5.41, 5.74) is 0.531. The molecule has 0 fully saturated rings. The molecule has 0 spiro atoms. The van der Waals surface area contributed by atoms with Crippen LogP contribution in [0.5, 0.6) is 0 Å². The van der Waals surface area contributed by atoms with Gasteiger partial charge < -0.3 is 5.32 Å². The molecule has 5 nitrogen and oxygen atoms in total. The highest BCUT2D eigenvalue weighted by atomic mass is 32.2. The Morgan fingerprint density at radius 2 is 1.86 bits per heavy atom. The highest BCUT2D eigenvalue weighted by Crippen LogP contribution is 2.29. The van der Waals surface area contributed by atoms with E-state index in [-0.39, 0.29) is 22.9 Å². The maximum Gasteiger partial charge on any atom is 0.230 e. The SMILES string of the molecule is CCC(C)(C)NC(=O)CSc1nnc(-c2ccccc2)n1-c1ccc(F)cc1F. The van der Waals surface area contributed by atoms with Gasteiger partial charge in [0.2, 0.25) is 5.91 Å². The molecule has 1 heterocycles. The third-order valence-electron chi connectivity index (χ3n) is 4.51. The summed E-state index contributed by atoms with van der Waals surface area (Å²) in [6.45, 7) is 5.88. The zero-order valence-corrected chi connectivity index (χ0v) is 17.3. The van der Waals surface area contributed by atoms with E-state index in [0.29, 0.717) is 11.0 Å². The lowest BCUT2D eigenvalue weighted by atomic mass is 10.0. The molecule has 1 aromatic heterocycles. The van der Waals surface area contributed by atoms with Gasteiger partial charge in [0.25, 0.3) is 0 Å². The van der Waals surface area contributed by atoms with Crippen LogP contribution < -0.4 is 5.32 Å². The van der Waals surface area contributed by atoms with Gasteiger partial charge in [0.15, 0.2) is 11.0 Å². The molecule has 0 aliphatic carbocycles. The van der Waals surface area contributed by atoms with Crippen LogP contribution in [0.1, 0.15) is 27.2 Å². The monoisotopic (exact) mass is 416 g/mol. The summed E-state index contributed by atoms with van der Waals surface area (Å²) in [5, 5.41) is 11.6. The third-order valence-corrected chi connectivity index (χ3v) is 5.44. The molecule has 0 atom stereocenters. The van der Waals surface area contributed by atoms with Crippen LogP contribution in [0.4, 0.5) is 8.78 Å². The molecule has 3 rings (SSSR count). The van der Waals surface area contributed by atoms with Gasteiger partial charge in [0.1, 0.15) is 11.6 Å². The topological polar surface area (TPSA) is 59.8 Å². The van der Waals surface area contributed by atoms with Gasteiger partial charge in [-0.05, 0) is 32.4 Å². The zero-order chi connectivity index (χ0) is 21.0. The van der Waals surface area contributed by atoms with E-state index in [1.807, 2.05) is 51.1 Å². The molecule has 1 N–H and O–H groups in total. The zero-order valence-electron chi connectivity index (χ0n) is 16.4. The molecule has 8 heteroatoms. The first-order valence-electron chi connectivity index (χ1n) is 9.21. The van der Waals surface area contributed by atoms with Crippen molar-refractivity contribution in [1.82, 2.24) is 20.1 Å². The smallest absolute Gasteiger partial charge is 0.230 e. The van der Waals surface area contributed by atoms with Crippen molar-refractivity contribution in [2.45, 2.75) is 37.9 Å². The molecule has 1 amide bonds. The molecule has 0 radical (unpaired) electrons. The number of thioether (sulfide) groups is 1. The number of amides is 1. The summed E-state index contributed by atoms with van der Waals surface area (Å²) in [5.74, 6) is -1.05. The Kier molecular flexibility index (Phi) is 6.32. The molecule has 0 aliphatic rings. The lowest BCUT2D eigenvalue weighted by Gasteiger charge is -2.24. The van der Waals surface area contributed by atoms with Crippen LogP contribution in [0.15, 0.2) is 53.7 Å². The second-order valence-electron chi connectivity index (χ2n) is 7.18. The normalized spacial score (nSPS) is 11.5. The summed E-state index contributed by atoms with van der Waals surface area (Å²) in [7, 11) is 0.